The number of amides is 1. The SMILES string of the molecule is COCCC1C2CCC(CN1C(=O)O)N2CCCC(Oc1ccc(O)cc1)c1ccc(C#N)cc1. The third-order valence-corrected chi connectivity index (χ3v) is 7.22. The molecule has 4 unspecified atom stereocenters. The Labute approximate surface area is 206 Å². The molecule has 186 valence electrons. The molecule has 2 N–H and O–H groups in total. The first-order valence-corrected chi connectivity index (χ1v) is 12.2. The number of fused-ring (bicyclic) bond motifs is 2. The Morgan fingerprint density at radius 1 is 1.17 bits per heavy atom. The minimum Gasteiger partial charge on any atom is -0.508 e. The molecule has 0 saturated carbocycles. The Morgan fingerprint density at radius 2 is 1.91 bits per heavy atom. The molecule has 0 radical (unpaired) electrons. The lowest BCUT2D eigenvalue weighted by atomic mass is 9.98. The topological polar surface area (TPSA) is 106 Å². The van der Waals surface area contributed by atoms with E-state index >= 15 is 0 Å². The number of hydrogen-bond acceptors (Lipinski definition) is 6. The molecule has 4 rings (SSSR count). The van der Waals surface area contributed by atoms with Gasteiger partial charge in [0, 0.05) is 32.3 Å². The van der Waals surface area contributed by atoms with Crippen molar-refractivity contribution < 1.29 is 24.5 Å². The van der Waals surface area contributed by atoms with Crippen LogP contribution >= 0.6 is 0 Å². The van der Waals surface area contributed by atoms with Crippen LogP contribution in [0.25, 0.3) is 0 Å². The molecule has 2 aromatic rings. The molecule has 2 aromatic carbocycles. The lowest BCUT2D eigenvalue weighted by Gasteiger charge is -2.46. The molecule has 1 amide bonds. The maximum Gasteiger partial charge on any atom is 0.407 e. The molecule has 2 bridgehead atoms. The summed E-state index contributed by atoms with van der Waals surface area (Å²) in [7, 11) is 1.65. The van der Waals surface area contributed by atoms with E-state index in [4.69, 9.17) is 14.7 Å². The van der Waals surface area contributed by atoms with Crippen molar-refractivity contribution in [3.63, 3.8) is 0 Å². The molecular weight excluding hydrogens is 446 g/mol. The summed E-state index contributed by atoms with van der Waals surface area (Å²) in [5, 5.41) is 28.5. The second-order valence-electron chi connectivity index (χ2n) is 9.30. The van der Waals surface area contributed by atoms with Crippen LogP contribution < -0.4 is 4.74 Å². The second kappa shape index (κ2) is 11.4. The fourth-order valence-corrected chi connectivity index (χ4v) is 5.51. The predicted octanol–water partition coefficient (Wildman–Crippen LogP) is 4.40. The van der Waals surface area contributed by atoms with Gasteiger partial charge in [0.05, 0.1) is 17.7 Å². The van der Waals surface area contributed by atoms with E-state index in [0.29, 0.717) is 30.9 Å². The first kappa shape index (κ1) is 24.8. The zero-order chi connectivity index (χ0) is 24.8. The van der Waals surface area contributed by atoms with Crippen LogP contribution in [-0.2, 0) is 4.74 Å². The van der Waals surface area contributed by atoms with E-state index in [0.717, 1.165) is 37.8 Å². The molecular formula is C27H33N3O5. The summed E-state index contributed by atoms with van der Waals surface area (Å²) in [6, 6.07) is 16.7. The maximum atomic E-state index is 11.9. The highest BCUT2D eigenvalue weighted by atomic mass is 16.5. The van der Waals surface area contributed by atoms with Gasteiger partial charge >= 0.3 is 6.09 Å². The Morgan fingerprint density at radius 3 is 2.57 bits per heavy atom. The van der Waals surface area contributed by atoms with Crippen molar-refractivity contribution in [1.82, 2.24) is 9.80 Å². The van der Waals surface area contributed by atoms with E-state index in [9.17, 15) is 15.0 Å². The van der Waals surface area contributed by atoms with Crippen molar-refractivity contribution in [3.05, 3.63) is 59.7 Å². The van der Waals surface area contributed by atoms with Crippen LogP contribution in [-0.4, -0.2) is 71.0 Å². The molecule has 2 saturated heterocycles. The molecule has 2 heterocycles. The van der Waals surface area contributed by atoms with E-state index < -0.39 is 6.09 Å². The minimum atomic E-state index is -0.842. The summed E-state index contributed by atoms with van der Waals surface area (Å²) in [4.78, 5) is 16.0. The number of carbonyl (C=O) groups is 1. The first-order chi connectivity index (χ1) is 17.0. The van der Waals surface area contributed by atoms with E-state index in [-0.39, 0.29) is 30.0 Å². The average molecular weight is 480 g/mol. The van der Waals surface area contributed by atoms with E-state index in [1.807, 2.05) is 12.1 Å². The van der Waals surface area contributed by atoms with Gasteiger partial charge in [-0.2, -0.15) is 5.26 Å². The molecule has 0 aromatic heterocycles. The summed E-state index contributed by atoms with van der Waals surface area (Å²) in [5.74, 6) is 0.859. The molecule has 35 heavy (non-hydrogen) atoms. The number of phenolic OH excluding ortho intramolecular Hbond substituents is 1. The van der Waals surface area contributed by atoms with Crippen LogP contribution in [0.3, 0.4) is 0 Å². The summed E-state index contributed by atoms with van der Waals surface area (Å²) in [5.41, 5.74) is 1.60. The van der Waals surface area contributed by atoms with Gasteiger partial charge in [-0.05, 0) is 80.6 Å². The third kappa shape index (κ3) is 5.87. The Kier molecular flexibility index (Phi) is 8.11. The summed E-state index contributed by atoms with van der Waals surface area (Å²) >= 11 is 0. The lowest BCUT2D eigenvalue weighted by molar-refractivity contribution is 0.00698. The summed E-state index contributed by atoms with van der Waals surface area (Å²) in [6.07, 6.45) is 3.34. The number of nitriles is 1. The second-order valence-corrected chi connectivity index (χ2v) is 9.30. The van der Waals surface area contributed by atoms with Gasteiger partial charge in [-0.25, -0.2) is 4.79 Å². The van der Waals surface area contributed by atoms with Gasteiger partial charge in [-0.3, -0.25) is 4.90 Å². The van der Waals surface area contributed by atoms with Crippen molar-refractivity contribution in [1.29, 1.82) is 5.26 Å². The van der Waals surface area contributed by atoms with E-state index in [2.05, 4.69) is 11.0 Å². The number of aromatic hydroxyl groups is 1. The number of carboxylic acid groups (broad SMARTS) is 1. The van der Waals surface area contributed by atoms with Crippen LogP contribution in [0.1, 0.15) is 49.3 Å². The number of rotatable bonds is 10. The van der Waals surface area contributed by atoms with Crippen LogP contribution in [0, 0.1) is 11.3 Å². The first-order valence-electron chi connectivity index (χ1n) is 12.2. The van der Waals surface area contributed by atoms with Gasteiger partial charge < -0.3 is 24.6 Å². The van der Waals surface area contributed by atoms with Gasteiger partial charge in [0.2, 0.25) is 0 Å². The minimum absolute atomic E-state index is 0.0474. The Balaban J connectivity index is 1.44. The van der Waals surface area contributed by atoms with Gasteiger partial charge in [0.15, 0.2) is 0 Å². The van der Waals surface area contributed by atoms with Crippen molar-refractivity contribution in [2.75, 3.05) is 26.8 Å². The summed E-state index contributed by atoms with van der Waals surface area (Å²) in [6.45, 7) is 1.96. The number of methoxy groups -OCH3 is 1. The number of phenols is 1. The number of ether oxygens (including phenoxy) is 2. The van der Waals surface area contributed by atoms with Crippen LogP contribution in [0.15, 0.2) is 48.5 Å². The highest BCUT2D eigenvalue weighted by molar-refractivity contribution is 5.66. The molecule has 8 nitrogen and oxygen atoms in total. The summed E-state index contributed by atoms with van der Waals surface area (Å²) < 4.78 is 11.6. The normalized spacial score (nSPS) is 22.5. The number of hydrogen-bond donors (Lipinski definition) is 2. The zero-order valence-electron chi connectivity index (χ0n) is 20.0. The van der Waals surface area contributed by atoms with Crippen molar-refractivity contribution >= 4 is 6.09 Å². The highest BCUT2D eigenvalue weighted by Crippen LogP contribution is 2.36. The number of benzene rings is 2. The molecule has 2 aliphatic heterocycles. The molecule has 0 spiro atoms. The Bertz CT molecular complexity index is 1020. The van der Waals surface area contributed by atoms with Crippen LogP contribution in [0.4, 0.5) is 4.79 Å². The van der Waals surface area contributed by atoms with Crippen molar-refractivity contribution in [3.8, 4) is 17.6 Å². The fraction of sp³-hybridized carbons (Fsp3) is 0.481. The van der Waals surface area contributed by atoms with Gasteiger partial charge in [0.1, 0.15) is 17.6 Å². The Hall–Kier alpha value is -3.28. The zero-order valence-corrected chi connectivity index (χ0v) is 20.0. The van der Waals surface area contributed by atoms with Crippen LogP contribution in [0.5, 0.6) is 11.5 Å². The van der Waals surface area contributed by atoms with E-state index in [1.54, 1.807) is 48.4 Å². The van der Waals surface area contributed by atoms with Gasteiger partial charge in [-0.15, -0.1) is 0 Å². The molecule has 4 atom stereocenters. The monoisotopic (exact) mass is 479 g/mol. The smallest absolute Gasteiger partial charge is 0.407 e. The number of nitrogens with zero attached hydrogens (tertiary/aromatic N) is 3. The number of likely N-dealkylation sites (tertiary alicyclic amines) is 1. The maximum absolute atomic E-state index is 11.9. The third-order valence-electron chi connectivity index (χ3n) is 7.22. The average Bonchev–Trinajstić information content (AvgIpc) is 3.15. The standard InChI is InChI=1S/C27H33N3O5/c1-34-16-14-25-24-13-8-21(18-30(25)27(32)33)29(24)15-2-3-26(20-6-4-19(17-28)5-7-20)35-23-11-9-22(31)10-12-23/h4-7,9-12,21,24-26,31H,2-3,8,13-16,18H2,1H3,(H,32,33). The van der Waals surface area contributed by atoms with Crippen molar-refractivity contribution in [2.45, 2.75) is 56.3 Å². The van der Waals surface area contributed by atoms with Crippen molar-refractivity contribution in [2.24, 2.45) is 0 Å². The molecule has 2 fully saturated rings. The highest BCUT2D eigenvalue weighted by Gasteiger charge is 2.47. The van der Waals surface area contributed by atoms with Crippen LogP contribution in [0.2, 0.25) is 0 Å². The molecule has 2 aliphatic rings. The number of piperazine rings is 1. The fourth-order valence-electron chi connectivity index (χ4n) is 5.51. The predicted molar refractivity (Wildman–Crippen MR) is 130 cm³/mol. The van der Waals surface area contributed by atoms with E-state index in [1.165, 1.54) is 0 Å². The molecule has 0 aliphatic carbocycles. The lowest BCUT2D eigenvalue weighted by Crippen LogP contribution is -2.61. The quantitative estimate of drug-likeness (QED) is 0.520. The van der Waals surface area contributed by atoms with Gasteiger partial charge in [-0.1, -0.05) is 12.1 Å². The largest absolute Gasteiger partial charge is 0.508 e. The molecule has 8 heteroatoms. The van der Waals surface area contributed by atoms with Gasteiger partial charge in [0.25, 0.3) is 0 Å².